The van der Waals surface area contributed by atoms with Gasteiger partial charge in [-0.2, -0.15) is 0 Å². The van der Waals surface area contributed by atoms with Crippen LogP contribution in [-0.4, -0.2) is 25.2 Å². The maximum absolute atomic E-state index is 7.10. The third-order valence-electron chi connectivity index (χ3n) is 5.33. The molecule has 0 bridgehead atoms. The van der Waals surface area contributed by atoms with Crippen LogP contribution in [0.25, 0.3) is 0 Å². The van der Waals surface area contributed by atoms with E-state index in [0.29, 0.717) is 0 Å². The second-order valence-electron chi connectivity index (χ2n) is 10.9. The van der Waals surface area contributed by atoms with E-state index in [4.69, 9.17) is 17.7 Å². The molecule has 0 aromatic heterocycles. The standard InChI is InChI=1S/C30H36O4Si3/c1-35(2,3)33-37(34-36(4,5)6,29-21-17-27(18-22-29)31-25-13-9-7-10-14-25)30-23-19-28(20-24-30)32-26-15-11-8-12-16-26/h7-24H,1-6H3. The van der Waals surface area contributed by atoms with Gasteiger partial charge < -0.3 is 17.7 Å². The average Bonchev–Trinajstić information content (AvgIpc) is 2.84. The normalized spacial score (nSPS) is 12.3. The monoisotopic (exact) mass is 544 g/mol. The zero-order valence-electron chi connectivity index (χ0n) is 22.5. The number of hydrogen-bond acceptors (Lipinski definition) is 4. The Kier molecular flexibility index (Phi) is 8.20. The second kappa shape index (κ2) is 11.2. The first-order valence-electron chi connectivity index (χ1n) is 12.6. The van der Waals surface area contributed by atoms with Crippen LogP contribution in [0.4, 0.5) is 0 Å². The molecule has 0 atom stereocenters. The van der Waals surface area contributed by atoms with E-state index in [1.165, 1.54) is 0 Å². The zero-order chi connectivity index (χ0) is 26.5. The summed E-state index contributed by atoms with van der Waals surface area (Å²) in [7, 11) is -7.06. The molecule has 0 spiro atoms. The fourth-order valence-corrected chi connectivity index (χ4v) is 14.9. The molecule has 0 N–H and O–H groups in total. The maximum Gasteiger partial charge on any atom is 0.386 e. The Bertz CT molecular complexity index is 1160. The summed E-state index contributed by atoms with van der Waals surface area (Å²) < 4.78 is 26.3. The van der Waals surface area contributed by atoms with Gasteiger partial charge in [0.2, 0.25) is 0 Å². The first-order chi connectivity index (χ1) is 17.5. The van der Waals surface area contributed by atoms with E-state index >= 15 is 0 Å². The predicted octanol–water partition coefficient (Wildman–Crippen LogP) is 7.53. The predicted molar refractivity (Wildman–Crippen MR) is 160 cm³/mol. The van der Waals surface area contributed by atoms with Crippen LogP contribution in [0.2, 0.25) is 39.3 Å². The van der Waals surface area contributed by atoms with Gasteiger partial charge in [-0.1, -0.05) is 60.7 Å². The molecule has 0 fully saturated rings. The van der Waals surface area contributed by atoms with Gasteiger partial charge in [0.25, 0.3) is 0 Å². The maximum atomic E-state index is 7.10. The van der Waals surface area contributed by atoms with Gasteiger partial charge in [-0.05, 0) is 98.2 Å². The molecular weight excluding hydrogens is 509 g/mol. The van der Waals surface area contributed by atoms with Crippen molar-refractivity contribution in [2.45, 2.75) is 39.3 Å². The second-order valence-corrected chi connectivity index (χ2v) is 23.4. The van der Waals surface area contributed by atoms with Crippen LogP contribution >= 0.6 is 0 Å². The Hall–Kier alpha value is -2.95. The first kappa shape index (κ1) is 27.1. The summed E-state index contributed by atoms with van der Waals surface area (Å²) in [6.07, 6.45) is 0. The quantitative estimate of drug-likeness (QED) is 0.193. The first-order valence-corrected chi connectivity index (χ1v) is 21.2. The summed E-state index contributed by atoms with van der Waals surface area (Å²) in [5.41, 5.74) is 0. The van der Waals surface area contributed by atoms with Gasteiger partial charge in [0.05, 0.1) is 0 Å². The molecule has 0 unspecified atom stereocenters. The lowest BCUT2D eigenvalue weighted by molar-refractivity contribution is 0.413. The molecule has 4 aromatic carbocycles. The molecule has 4 rings (SSSR count). The third-order valence-corrected chi connectivity index (χ3v) is 14.7. The summed E-state index contributed by atoms with van der Waals surface area (Å²) in [5.74, 6) is 3.19. The zero-order valence-corrected chi connectivity index (χ0v) is 25.5. The third kappa shape index (κ3) is 7.53. The number of para-hydroxylation sites is 2. The highest BCUT2D eigenvalue weighted by Crippen LogP contribution is 2.26. The van der Waals surface area contributed by atoms with Gasteiger partial charge in [0.15, 0.2) is 16.6 Å². The van der Waals surface area contributed by atoms with Gasteiger partial charge >= 0.3 is 8.56 Å². The van der Waals surface area contributed by atoms with Crippen LogP contribution < -0.4 is 19.8 Å². The molecule has 0 heterocycles. The van der Waals surface area contributed by atoms with Crippen molar-refractivity contribution in [3.05, 3.63) is 109 Å². The van der Waals surface area contributed by atoms with Crippen LogP contribution in [0, 0.1) is 0 Å². The van der Waals surface area contributed by atoms with Crippen LogP contribution in [0.5, 0.6) is 23.0 Å². The number of ether oxygens (including phenoxy) is 2. The van der Waals surface area contributed by atoms with E-state index in [-0.39, 0.29) is 0 Å². The van der Waals surface area contributed by atoms with Crippen molar-refractivity contribution in [1.29, 1.82) is 0 Å². The largest absolute Gasteiger partial charge is 0.457 e. The van der Waals surface area contributed by atoms with Crippen molar-refractivity contribution in [1.82, 2.24) is 0 Å². The van der Waals surface area contributed by atoms with Gasteiger partial charge in [0.1, 0.15) is 23.0 Å². The van der Waals surface area contributed by atoms with Crippen LogP contribution in [0.15, 0.2) is 109 Å². The SMILES string of the molecule is C[Si](C)(C)O[Si](O[Si](C)(C)C)(c1ccc(Oc2ccccc2)cc1)c1ccc(Oc2ccccc2)cc1. The molecule has 37 heavy (non-hydrogen) atoms. The topological polar surface area (TPSA) is 36.9 Å². The minimum atomic E-state index is -3.04. The fraction of sp³-hybridized carbons (Fsp3) is 0.200. The average molecular weight is 545 g/mol. The highest BCUT2D eigenvalue weighted by atomic mass is 28.5. The molecular formula is C30H36O4Si3. The van der Waals surface area contributed by atoms with Crippen LogP contribution in [-0.2, 0) is 8.23 Å². The fourth-order valence-electron chi connectivity index (χ4n) is 4.02. The van der Waals surface area contributed by atoms with E-state index in [9.17, 15) is 0 Å². The Balaban J connectivity index is 1.73. The molecule has 0 radical (unpaired) electrons. The van der Waals surface area contributed by atoms with E-state index < -0.39 is 25.2 Å². The highest BCUT2D eigenvalue weighted by Gasteiger charge is 2.48. The molecule has 0 saturated carbocycles. The molecule has 4 nitrogen and oxygen atoms in total. The Morgan fingerprint density at radius 3 is 0.973 bits per heavy atom. The smallest absolute Gasteiger partial charge is 0.386 e. The lowest BCUT2D eigenvalue weighted by atomic mass is 10.3. The number of benzene rings is 4. The minimum absolute atomic E-state index is 0.783. The van der Waals surface area contributed by atoms with E-state index in [2.05, 4.69) is 63.5 Å². The van der Waals surface area contributed by atoms with E-state index in [1.54, 1.807) is 0 Å². The van der Waals surface area contributed by atoms with Crippen molar-refractivity contribution < 1.29 is 17.7 Å². The number of rotatable bonds is 10. The molecule has 0 aliphatic carbocycles. The van der Waals surface area contributed by atoms with Gasteiger partial charge in [-0.15, -0.1) is 0 Å². The van der Waals surface area contributed by atoms with Crippen LogP contribution in [0.1, 0.15) is 0 Å². The van der Waals surface area contributed by atoms with Gasteiger partial charge in [0, 0.05) is 0 Å². The summed E-state index contributed by atoms with van der Waals surface area (Å²) >= 11 is 0. The molecule has 7 heteroatoms. The summed E-state index contributed by atoms with van der Waals surface area (Å²) in [6, 6.07) is 36.1. The highest BCUT2D eigenvalue weighted by molar-refractivity contribution is 7.02. The van der Waals surface area contributed by atoms with E-state index in [1.807, 2.05) is 84.9 Å². The molecule has 0 amide bonds. The summed E-state index contributed by atoms with van der Waals surface area (Å²) in [5, 5.41) is 2.16. The van der Waals surface area contributed by atoms with Crippen molar-refractivity contribution >= 4 is 35.6 Å². The lowest BCUT2D eigenvalue weighted by Gasteiger charge is -2.41. The van der Waals surface area contributed by atoms with Crippen molar-refractivity contribution in [3.8, 4) is 23.0 Å². The molecule has 0 aliphatic heterocycles. The van der Waals surface area contributed by atoms with Crippen molar-refractivity contribution in [2.24, 2.45) is 0 Å². The lowest BCUT2D eigenvalue weighted by Crippen LogP contribution is -2.69. The van der Waals surface area contributed by atoms with Gasteiger partial charge in [-0.25, -0.2) is 0 Å². The Labute approximate surface area is 224 Å². The van der Waals surface area contributed by atoms with Gasteiger partial charge in [-0.3, -0.25) is 0 Å². The Morgan fingerprint density at radius 2 is 0.676 bits per heavy atom. The van der Waals surface area contributed by atoms with Crippen molar-refractivity contribution in [2.75, 3.05) is 0 Å². The van der Waals surface area contributed by atoms with E-state index in [0.717, 1.165) is 33.4 Å². The Morgan fingerprint density at radius 1 is 0.378 bits per heavy atom. The molecule has 0 aliphatic rings. The minimum Gasteiger partial charge on any atom is -0.457 e. The molecule has 192 valence electrons. The summed E-state index contributed by atoms with van der Waals surface area (Å²) in [4.78, 5) is 0. The summed E-state index contributed by atoms with van der Waals surface area (Å²) in [6.45, 7) is 13.3. The molecule has 4 aromatic rings. The molecule has 0 saturated heterocycles. The van der Waals surface area contributed by atoms with Crippen molar-refractivity contribution in [3.63, 3.8) is 0 Å². The van der Waals surface area contributed by atoms with Crippen LogP contribution in [0.3, 0.4) is 0 Å². The number of hydrogen-bond donors (Lipinski definition) is 0.